The first-order chi connectivity index (χ1) is 9.28. The molecule has 94 valence electrons. The summed E-state index contributed by atoms with van der Waals surface area (Å²) in [7, 11) is 0. The minimum absolute atomic E-state index is 0.556. The van der Waals surface area contributed by atoms with Gasteiger partial charge in [0.25, 0.3) is 0 Å². The van der Waals surface area contributed by atoms with Gasteiger partial charge in [0, 0.05) is 17.6 Å². The summed E-state index contributed by atoms with van der Waals surface area (Å²) in [4.78, 5) is 4.53. The van der Waals surface area contributed by atoms with Crippen LogP contribution < -0.4 is 5.73 Å². The normalized spacial score (nSPS) is 10.8. The molecule has 0 amide bonds. The zero-order chi connectivity index (χ0) is 13.2. The molecule has 0 radical (unpaired) electrons. The monoisotopic (exact) mass is 248 g/mol. The highest BCUT2D eigenvalue weighted by molar-refractivity contribution is 5.85. The Morgan fingerprint density at radius 2 is 1.84 bits per heavy atom. The summed E-state index contributed by atoms with van der Waals surface area (Å²) >= 11 is 0. The van der Waals surface area contributed by atoms with Crippen molar-refractivity contribution in [1.29, 1.82) is 0 Å². The Morgan fingerprint density at radius 3 is 2.68 bits per heavy atom. The quantitative estimate of drug-likeness (QED) is 0.751. The summed E-state index contributed by atoms with van der Waals surface area (Å²) in [6, 6.07) is 18.8. The highest BCUT2D eigenvalue weighted by atomic mass is 14.7. The summed E-state index contributed by atoms with van der Waals surface area (Å²) < 4.78 is 0. The van der Waals surface area contributed by atoms with Gasteiger partial charge < -0.3 is 5.73 Å². The highest BCUT2D eigenvalue weighted by Gasteiger charge is 2.04. The van der Waals surface area contributed by atoms with Crippen molar-refractivity contribution in [3.8, 4) is 11.1 Å². The van der Waals surface area contributed by atoms with Crippen LogP contribution in [-0.4, -0.2) is 4.98 Å². The predicted octanol–water partition coefficient (Wildman–Crippen LogP) is 3.67. The second-order valence-electron chi connectivity index (χ2n) is 4.72. The molecule has 0 atom stereocenters. The number of fused-ring (bicyclic) bond motifs is 1. The number of nitrogens with zero attached hydrogens (tertiary/aromatic N) is 1. The van der Waals surface area contributed by atoms with Gasteiger partial charge in [0.2, 0.25) is 0 Å². The van der Waals surface area contributed by atoms with E-state index >= 15 is 0 Å². The van der Waals surface area contributed by atoms with Crippen molar-refractivity contribution in [2.75, 3.05) is 0 Å². The minimum Gasteiger partial charge on any atom is -0.326 e. The third kappa shape index (κ3) is 2.23. The lowest BCUT2D eigenvalue weighted by Gasteiger charge is -2.09. The molecule has 0 bridgehead atoms. The van der Waals surface area contributed by atoms with E-state index in [1.807, 2.05) is 25.1 Å². The maximum atomic E-state index is 5.81. The molecule has 0 aliphatic rings. The lowest BCUT2D eigenvalue weighted by molar-refractivity contribution is 1.07. The molecule has 0 unspecified atom stereocenters. The van der Waals surface area contributed by atoms with Crippen LogP contribution in [0.4, 0.5) is 0 Å². The van der Waals surface area contributed by atoms with E-state index in [4.69, 9.17) is 5.73 Å². The summed E-state index contributed by atoms with van der Waals surface area (Å²) in [5.74, 6) is 0. The minimum atomic E-state index is 0.556. The standard InChI is InChI=1S/C17H16N2/c1-12-6-7-14-10-13(8-9-17(14)19-12)16-5-3-2-4-15(16)11-18/h2-10H,11,18H2,1H3. The fraction of sp³-hybridized carbons (Fsp3) is 0.118. The number of aromatic nitrogens is 1. The number of benzene rings is 2. The lowest BCUT2D eigenvalue weighted by Crippen LogP contribution is -1.98. The van der Waals surface area contributed by atoms with Crippen LogP contribution in [-0.2, 0) is 6.54 Å². The number of hydrogen-bond acceptors (Lipinski definition) is 2. The number of aryl methyl sites for hydroxylation is 1. The molecule has 3 aromatic rings. The maximum absolute atomic E-state index is 5.81. The van der Waals surface area contributed by atoms with Crippen LogP contribution >= 0.6 is 0 Å². The van der Waals surface area contributed by atoms with Crippen LogP contribution in [0.1, 0.15) is 11.3 Å². The summed E-state index contributed by atoms with van der Waals surface area (Å²) in [5.41, 5.74) is 11.5. The molecule has 0 fully saturated rings. The van der Waals surface area contributed by atoms with Gasteiger partial charge in [0.05, 0.1) is 5.52 Å². The average molecular weight is 248 g/mol. The van der Waals surface area contributed by atoms with Crippen LogP contribution in [0.5, 0.6) is 0 Å². The third-order valence-electron chi connectivity index (χ3n) is 3.38. The fourth-order valence-electron chi connectivity index (χ4n) is 2.37. The molecule has 19 heavy (non-hydrogen) atoms. The second kappa shape index (κ2) is 4.82. The topological polar surface area (TPSA) is 38.9 Å². The molecule has 1 aromatic heterocycles. The smallest absolute Gasteiger partial charge is 0.0705 e. The van der Waals surface area contributed by atoms with Gasteiger partial charge in [-0.1, -0.05) is 36.4 Å². The second-order valence-corrected chi connectivity index (χ2v) is 4.72. The molecule has 2 N–H and O–H groups in total. The van der Waals surface area contributed by atoms with Gasteiger partial charge in [-0.25, -0.2) is 0 Å². The van der Waals surface area contributed by atoms with Crippen LogP contribution in [0, 0.1) is 6.92 Å². The van der Waals surface area contributed by atoms with E-state index in [9.17, 15) is 0 Å². The largest absolute Gasteiger partial charge is 0.326 e. The van der Waals surface area contributed by atoms with Crippen molar-refractivity contribution < 1.29 is 0 Å². The zero-order valence-electron chi connectivity index (χ0n) is 10.9. The number of pyridine rings is 1. The van der Waals surface area contributed by atoms with E-state index < -0.39 is 0 Å². The number of nitrogens with two attached hydrogens (primary N) is 1. The molecular formula is C17H16N2. The molecule has 0 saturated carbocycles. The Morgan fingerprint density at radius 1 is 1.00 bits per heavy atom. The van der Waals surface area contributed by atoms with E-state index in [1.165, 1.54) is 16.7 Å². The molecule has 2 aromatic carbocycles. The molecule has 1 heterocycles. The van der Waals surface area contributed by atoms with Crippen molar-refractivity contribution in [1.82, 2.24) is 4.98 Å². The number of rotatable bonds is 2. The Kier molecular flexibility index (Phi) is 3.02. The average Bonchev–Trinajstić information content (AvgIpc) is 2.46. The van der Waals surface area contributed by atoms with Crippen molar-refractivity contribution in [3.63, 3.8) is 0 Å². The van der Waals surface area contributed by atoms with E-state index in [-0.39, 0.29) is 0 Å². The van der Waals surface area contributed by atoms with E-state index in [1.54, 1.807) is 0 Å². The van der Waals surface area contributed by atoms with Crippen molar-refractivity contribution in [2.45, 2.75) is 13.5 Å². The highest BCUT2D eigenvalue weighted by Crippen LogP contribution is 2.26. The first kappa shape index (κ1) is 11.9. The van der Waals surface area contributed by atoms with Gasteiger partial charge >= 0.3 is 0 Å². The first-order valence-corrected chi connectivity index (χ1v) is 6.44. The van der Waals surface area contributed by atoms with Crippen LogP contribution in [0.15, 0.2) is 54.6 Å². The SMILES string of the molecule is Cc1ccc2cc(-c3ccccc3CN)ccc2n1. The van der Waals surface area contributed by atoms with Crippen LogP contribution in [0.25, 0.3) is 22.0 Å². The molecule has 0 aliphatic heterocycles. The van der Waals surface area contributed by atoms with Gasteiger partial charge in [0.15, 0.2) is 0 Å². The molecular weight excluding hydrogens is 232 g/mol. The van der Waals surface area contributed by atoms with Crippen molar-refractivity contribution >= 4 is 10.9 Å². The fourth-order valence-corrected chi connectivity index (χ4v) is 2.37. The van der Waals surface area contributed by atoms with Gasteiger partial charge in [-0.2, -0.15) is 0 Å². The first-order valence-electron chi connectivity index (χ1n) is 6.44. The van der Waals surface area contributed by atoms with Crippen LogP contribution in [0.3, 0.4) is 0 Å². The molecule has 0 aliphatic carbocycles. The lowest BCUT2D eigenvalue weighted by atomic mass is 9.98. The van der Waals surface area contributed by atoms with Gasteiger partial charge in [-0.3, -0.25) is 4.98 Å². The Hall–Kier alpha value is -2.19. The van der Waals surface area contributed by atoms with Gasteiger partial charge in [-0.05, 0) is 41.8 Å². The summed E-state index contributed by atoms with van der Waals surface area (Å²) in [6.07, 6.45) is 0. The predicted molar refractivity (Wildman–Crippen MR) is 79.8 cm³/mol. The Bertz CT molecular complexity index is 732. The molecule has 3 rings (SSSR count). The Labute approximate surface area is 112 Å². The van der Waals surface area contributed by atoms with E-state index in [0.717, 1.165) is 16.6 Å². The molecule has 2 nitrogen and oxygen atoms in total. The summed E-state index contributed by atoms with van der Waals surface area (Å²) in [6.45, 7) is 2.57. The number of hydrogen-bond donors (Lipinski definition) is 1. The van der Waals surface area contributed by atoms with E-state index in [2.05, 4.69) is 41.4 Å². The maximum Gasteiger partial charge on any atom is 0.0705 e. The third-order valence-corrected chi connectivity index (χ3v) is 3.38. The van der Waals surface area contributed by atoms with Gasteiger partial charge in [0.1, 0.15) is 0 Å². The molecule has 2 heteroatoms. The Balaban J connectivity index is 2.18. The van der Waals surface area contributed by atoms with Gasteiger partial charge in [-0.15, -0.1) is 0 Å². The van der Waals surface area contributed by atoms with Crippen LogP contribution in [0.2, 0.25) is 0 Å². The van der Waals surface area contributed by atoms with Crippen molar-refractivity contribution in [2.24, 2.45) is 5.73 Å². The summed E-state index contributed by atoms with van der Waals surface area (Å²) in [5, 5.41) is 1.16. The van der Waals surface area contributed by atoms with Crippen molar-refractivity contribution in [3.05, 3.63) is 65.9 Å². The zero-order valence-corrected chi connectivity index (χ0v) is 10.9. The van der Waals surface area contributed by atoms with E-state index in [0.29, 0.717) is 6.54 Å². The molecule has 0 spiro atoms. The molecule has 0 saturated heterocycles.